The fourth-order valence-electron chi connectivity index (χ4n) is 1.51. The molecule has 2 aromatic rings. The monoisotopic (exact) mass is 316 g/mol. The maximum Gasteiger partial charge on any atom is 0.171 e. The second kappa shape index (κ2) is 4.82. The molecule has 0 fully saturated rings. The van der Waals surface area contributed by atoms with Gasteiger partial charge in [-0.25, -0.2) is 9.97 Å². The summed E-state index contributed by atoms with van der Waals surface area (Å²) in [5.74, 6) is 0.704. The van der Waals surface area contributed by atoms with Crippen molar-refractivity contribution >= 4 is 38.9 Å². The van der Waals surface area contributed by atoms with E-state index in [0.29, 0.717) is 11.0 Å². The van der Waals surface area contributed by atoms with Gasteiger partial charge in [0.15, 0.2) is 5.82 Å². The summed E-state index contributed by atoms with van der Waals surface area (Å²) in [5, 5.41) is 0.564. The largest absolute Gasteiger partial charge is 0.232 e. The third-order valence-corrected chi connectivity index (χ3v) is 4.24. The van der Waals surface area contributed by atoms with Gasteiger partial charge in [-0.2, -0.15) is 0 Å². The summed E-state index contributed by atoms with van der Waals surface area (Å²) >= 11 is 11.2. The van der Waals surface area contributed by atoms with Gasteiger partial charge >= 0.3 is 0 Å². The number of hydrogen-bond donors (Lipinski definition) is 0. The van der Waals surface area contributed by atoms with Crippen LogP contribution in [0.3, 0.4) is 0 Å². The molecule has 0 unspecified atom stereocenters. The predicted octanol–water partition coefficient (Wildman–Crippen LogP) is 4.49. The Morgan fingerprint density at radius 2 is 2.12 bits per heavy atom. The van der Waals surface area contributed by atoms with Crippen LogP contribution < -0.4 is 0 Å². The molecule has 16 heavy (non-hydrogen) atoms. The standard InChI is InChI=1S/C11H10BrClN2S/c1-3-7-6(2)14-11(15-10(7)13)8-4-5-9(12)16-8/h4-5H,3H2,1-2H3. The van der Waals surface area contributed by atoms with Crippen molar-refractivity contribution in [3.8, 4) is 10.7 Å². The minimum absolute atomic E-state index is 0.564. The summed E-state index contributed by atoms with van der Waals surface area (Å²) in [4.78, 5) is 9.84. The summed E-state index contributed by atoms with van der Waals surface area (Å²) in [7, 11) is 0. The van der Waals surface area contributed by atoms with E-state index in [0.717, 1.165) is 26.3 Å². The normalized spacial score (nSPS) is 10.8. The van der Waals surface area contributed by atoms with Crippen molar-refractivity contribution in [1.29, 1.82) is 0 Å². The van der Waals surface area contributed by atoms with E-state index in [9.17, 15) is 0 Å². The Bertz CT molecular complexity index is 501. The number of thiophene rings is 1. The Kier molecular flexibility index (Phi) is 3.62. The molecule has 2 aromatic heterocycles. The Morgan fingerprint density at radius 3 is 2.62 bits per heavy atom. The van der Waals surface area contributed by atoms with E-state index in [1.165, 1.54) is 0 Å². The lowest BCUT2D eigenvalue weighted by Crippen LogP contribution is -1.98. The van der Waals surface area contributed by atoms with E-state index in [2.05, 4.69) is 32.8 Å². The topological polar surface area (TPSA) is 25.8 Å². The molecule has 0 radical (unpaired) electrons. The molecule has 2 heterocycles. The zero-order valence-corrected chi connectivity index (χ0v) is 12.1. The maximum absolute atomic E-state index is 6.13. The van der Waals surface area contributed by atoms with Crippen LogP contribution in [0.1, 0.15) is 18.2 Å². The molecule has 0 spiro atoms. The Labute approximate surface area is 112 Å². The number of hydrogen-bond acceptors (Lipinski definition) is 3. The maximum atomic E-state index is 6.13. The first kappa shape index (κ1) is 12.0. The molecule has 0 saturated carbocycles. The van der Waals surface area contributed by atoms with E-state index < -0.39 is 0 Å². The highest BCUT2D eigenvalue weighted by Crippen LogP contribution is 2.30. The van der Waals surface area contributed by atoms with Crippen LogP contribution in [0.4, 0.5) is 0 Å². The predicted molar refractivity (Wildman–Crippen MR) is 72.2 cm³/mol. The van der Waals surface area contributed by atoms with Crippen LogP contribution in [-0.2, 0) is 6.42 Å². The molecule has 0 amide bonds. The van der Waals surface area contributed by atoms with Crippen molar-refractivity contribution in [2.45, 2.75) is 20.3 Å². The van der Waals surface area contributed by atoms with Gasteiger partial charge in [-0.15, -0.1) is 11.3 Å². The second-order valence-corrected chi connectivity index (χ2v) is 6.18. The van der Waals surface area contributed by atoms with E-state index in [1.54, 1.807) is 11.3 Å². The fraction of sp³-hybridized carbons (Fsp3) is 0.273. The zero-order chi connectivity index (χ0) is 11.7. The van der Waals surface area contributed by atoms with Crippen molar-refractivity contribution in [2.24, 2.45) is 0 Å². The van der Waals surface area contributed by atoms with Crippen molar-refractivity contribution in [2.75, 3.05) is 0 Å². The Morgan fingerprint density at radius 1 is 1.38 bits per heavy atom. The van der Waals surface area contributed by atoms with E-state index in [4.69, 9.17) is 11.6 Å². The molecule has 0 aromatic carbocycles. The number of rotatable bonds is 2. The molecule has 0 saturated heterocycles. The smallest absolute Gasteiger partial charge is 0.171 e. The van der Waals surface area contributed by atoms with Gasteiger partial charge in [0.25, 0.3) is 0 Å². The van der Waals surface area contributed by atoms with E-state index in [1.807, 2.05) is 19.1 Å². The van der Waals surface area contributed by atoms with Crippen LogP contribution in [0, 0.1) is 6.92 Å². The van der Waals surface area contributed by atoms with Crippen molar-refractivity contribution in [3.05, 3.63) is 32.3 Å². The minimum Gasteiger partial charge on any atom is -0.232 e. The lowest BCUT2D eigenvalue weighted by molar-refractivity contribution is 1.00. The summed E-state index contributed by atoms with van der Waals surface area (Å²) < 4.78 is 1.07. The average molecular weight is 318 g/mol. The molecule has 0 N–H and O–H groups in total. The lowest BCUT2D eigenvalue weighted by Gasteiger charge is -2.06. The van der Waals surface area contributed by atoms with Crippen molar-refractivity contribution in [1.82, 2.24) is 9.97 Å². The molecule has 0 bridgehead atoms. The molecule has 0 atom stereocenters. The number of halogens is 2. The van der Waals surface area contributed by atoms with Crippen molar-refractivity contribution < 1.29 is 0 Å². The van der Waals surface area contributed by atoms with Gasteiger partial charge in [0.1, 0.15) is 5.15 Å². The first-order valence-electron chi connectivity index (χ1n) is 4.90. The molecular weight excluding hydrogens is 308 g/mol. The van der Waals surface area contributed by atoms with Crippen LogP contribution in [-0.4, -0.2) is 9.97 Å². The third-order valence-electron chi connectivity index (χ3n) is 2.31. The van der Waals surface area contributed by atoms with Crippen LogP contribution >= 0.6 is 38.9 Å². The molecule has 84 valence electrons. The van der Waals surface area contributed by atoms with E-state index in [-0.39, 0.29) is 0 Å². The summed E-state index contributed by atoms with van der Waals surface area (Å²) in [6.45, 7) is 4.03. The van der Waals surface area contributed by atoms with Crippen LogP contribution in [0.2, 0.25) is 5.15 Å². The van der Waals surface area contributed by atoms with Crippen LogP contribution in [0.25, 0.3) is 10.7 Å². The van der Waals surface area contributed by atoms with Gasteiger partial charge < -0.3 is 0 Å². The quantitative estimate of drug-likeness (QED) is 0.763. The SMILES string of the molecule is CCc1c(C)nc(-c2ccc(Br)s2)nc1Cl. The second-order valence-electron chi connectivity index (χ2n) is 3.36. The fourth-order valence-corrected chi connectivity index (χ4v) is 3.18. The number of nitrogens with zero attached hydrogens (tertiary/aromatic N) is 2. The number of aryl methyl sites for hydroxylation is 1. The van der Waals surface area contributed by atoms with Crippen LogP contribution in [0.5, 0.6) is 0 Å². The van der Waals surface area contributed by atoms with Gasteiger partial charge in [-0.05, 0) is 41.4 Å². The zero-order valence-electron chi connectivity index (χ0n) is 8.92. The van der Waals surface area contributed by atoms with E-state index >= 15 is 0 Å². The summed E-state index contributed by atoms with van der Waals surface area (Å²) in [6, 6.07) is 3.98. The lowest BCUT2D eigenvalue weighted by atomic mass is 10.2. The van der Waals surface area contributed by atoms with Gasteiger partial charge in [-0.1, -0.05) is 18.5 Å². The molecule has 2 rings (SSSR count). The minimum atomic E-state index is 0.564. The van der Waals surface area contributed by atoms with Gasteiger partial charge in [0.05, 0.1) is 8.66 Å². The number of aromatic nitrogens is 2. The molecule has 0 aliphatic heterocycles. The molecule has 2 nitrogen and oxygen atoms in total. The Balaban J connectivity index is 2.52. The average Bonchev–Trinajstić information content (AvgIpc) is 2.64. The first-order valence-corrected chi connectivity index (χ1v) is 6.89. The first-order chi connectivity index (χ1) is 7.61. The Hall–Kier alpha value is -0.450. The van der Waals surface area contributed by atoms with Gasteiger partial charge in [-0.3, -0.25) is 0 Å². The highest BCUT2D eigenvalue weighted by Gasteiger charge is 2.11. The summed E-state index contributed by atoms with van der Waals surface area (Å²) in [6.07, 6.45) is 0.860. The highest BCUT2D eigenvalue weighted by molar-refractivity contribution is 9.11. The van der Waals surface area contributed by atoms with Gasteiger partial charge in [0, 0.05) is 11.3 Å². The summed E-state index contributed by atoms with van der Waals surface area (Å²) in [5.41, 5.74) is 1.99. The van der Waals surface area contributed by atoms with Gasteiger partial charge in [0.2, 0.25) is 0 Å². The van der Waals surface area contributed by atoms with Crippen molar-refractivity contribution in [3.63, 3.8) is 0 Å². The van der Waals surface area contributed by atoms with Crippen LogP contribution in [0.15, 0.2) is 15.9 Å². The molecule has 5 heteroatoms. The molecule has 0 aliphatic carbocycles. The molecular formula is C11H10BrClN2S. The highest BCUT2D eigenvalue weighted by atomic mass is 79.9. The molecule has 0 aliphatic rings. The third kappa shape index (κ3) is 2.29.